The van der Waals surface area contributed by atoms with Crippen LogP contribution in [0.3, 0.4) is 0 Å². The van der Waals surface area contributed by atoms with Crippen LogP contribution in [0.5, 0.6) is 0 Å². The van der Waals surface area contributed by atoms with Gasteiger partial charge in [0.15, 0.2) is 11.0 Å². The van der Waals surface area contributed by atoms with Crippen LogP contribution in [0.25, 0.3) is 0 Å². The largest absolute Gasteiger partial charge is 0.449 e. The van der Waals surface area contributed by atoms with Gasteiger partial charge in [0.1, 0.15) is 0 Å². The lowest BCUT2D eigenvalue weighted by atomic mass is 10.2. The zero-order valence-corrected chi connectivity index (χ0v) is 15.1. The van der Waals surface area contributed by atoms with Gasteiger partial charge in [0, 0.05) is 51.2 Å². The molecule has 0 aliphatic carbocycles. The van der Waals surface area contributed by atoms with Crippen molar-refractivity contribution in [3.8, 4) is 0 Å². The van der Waals surface area contributed by atoms with Crippen molar-refractivity contribution in [2.45, 2.75) is 13.0 Å². The van der Waals surface area contributed by atoms with Gasteiger partial charge >= 0.3 is 0 Å². The predicted molar refractivity (Wildman–Crippen MR) is 101 cm³/mol. The summed E-state index contributed by atoms with van der Waals surface area (Å²) in [4.78, 5) is 8.70. The van der Waals surface area contributed by atoms with Crippen LogP contribution in [0.15, 0.2) is 47.3 Å². The van der Waals surface area contributed by atoms with E-state index >= 15 is 0 Å². The summed E-state index contributed by atoms with van der Waals surface area (Å²) in [6.45, 7) is 6.38. The molecule has 1 saturated heterocycles. The maximum absolute atomic E-state index is 5.60. The van der Waals surface area contributed by atoms with Crippen LogP contribution in [-0.4, -0.2) is 59.3 Å². The number of pyridine rings is 1. The van der Waals surface area contributed by atoms with E-state index in [2.05, 4.69) is 20.1 Å². The first kappa shape index (κ1) is 17.8. The molecule has 1 aliphatic rings. The number of rotatable bonds is 7. The highest BCUT2D eigenvalue weighted by molar-refractivity contribution is 7.80. The molecular weight excluding hydrogens is 336 g/mol. The Balaban J connectivity index is 1.56. The molecule has 0 saturated carbocycles. The average Bonchev–Trinajstić information content (AvgIpc) is 3.15. The van der Waals surface area contributed by atoms with Crippen LogP contribution in [0.1, 0.15) is 12.0 Å². The van der Waals surface area contributed by atoms with Gasteiger partial charge in [-0.3, -0.25) is 9.88 Å². The van der Waals surface area contributed by atoms with E-state index in [1.165, 1.54) is 5.56 Å². The van der Waals surface area contributed by atoms with E-state index in [4.69, 9.17) is 21.4 Å². The summed E-state index contributed by atoms with van der Waals surface area (Å²) >= 11 is 5.60. The van der Waals surface area contributed by atoms with Crippen LogP contribution >= 0.6 is 12.2 Å². The van der Waals surface area contributed by atoms with Gasteiger partial charge in [-0.25, -0.2) is 0 Å². The minimum absolute atomic E-state index is 0.665. The molecule has 2 aromatic rings. The summed E-state index contributed by atoms with van der Waals surface area (Å²) < 4.78 is 10.8. The monoisotopic (exact) mass is 360 g/mol. The van der Waals surface area contributed by atoms with Crippen molar-refractivity contribution >= 4 is 23.2 Å². The van der Waals surface area contributed by atoms with E-state index in [1.807, 2.05) is 36.7 Å². The molecule has 0 amide bonds. The second-order valence-corrected chi connectivity index (χ2v) is 6.38. The maximum Gasteiger partial charge on any atom is 0.198 e. The number of morpholine rings is 1. The second kappa shape index (κ2) is 9.50. The molecule has 0 bridgehead atoms. The number of anilines is 1. The fourth-order valence-electron chi connectivity index (χ4n) is 2.81. The van der Waals surface area contributed by atoms with E-state index in [1.54, 1.807) is 6.26 Å². The Morgan fingerprint density at radius 2 is 2.04 bits per heavy atom. The van der Waals surface area contributed by atoms with E-state index in [0.29, 0.717) is 11.0 Å². The Hall–Kier alpha value is -1.96. The summed E-state index contributed by atoms with van der Waals surface area (Å²) in [5.41, 5.74) is 1.19. The summed E-state index contributed by atoms with van der Waals surface area (Å²) in [7, 11) is 0. The molecule has 1 aliphatic heterocycles. The molecule has 3 heterocycles. The van der Waals surface area contributed by atoms with E-state index in [-0.39, 0.29) is 0 Å². The smallest absolute Gasteiger partial charge is 0.198 e. The van der Waals surface area contributed by atoms with Gasteiger partial charge in [0.05, 0.1) is 19.5 Å². The highest BCUT2D eigenvalue weighted by atomic mass is 32.1. The standard InChI is InChI=1S/C18H24N4O2S/c25-18(20-17-3-1-12-24-17)22(15-16-4-6-19-7-5-16)9-2-8-21-10-13-23-14-11-21/h1,3-7,12H,2,8-11,13-15H2,(H,20,25). The summed E-state index contributed by atoms with van der Waals surface area (Å²) in [5, 5.41) is 3.85. The quantitative estimate of drug-likeness (QED) is 0.762. The lowest BCUT2D eigenvalue weighted by Gasteiger charge is -2.29. The topological polar surface area (TPSA) is 53.8 Å². The highest BCUT2D eigenvalue weighted by Crippen LogP contribution is 2.11. The van der Waals surface area contributed by atoms with Crippen molar-refractivity contribution in [1.82, 2.24) is 14.8 Å². The molecule has 0 atom stereocenters. The molecule has 2 aromatic heterocycles. The number of furan rings is 1. The normalized spacial score (nSPS) is 15.0. The Morgan fingerprint density at radius 3 is 2.76 bits per heavy atom. The van der Waals surface area contributed by atoms with E-state index in [0.717, 1.165) is 52.4 Å². The first-order chi connectivity index (χ1) is 12.3. The Kier molecular flexibility index (Phi) is 6.79. The number of ether oxygens (including phenoxy) is 1. The average molecular weight is 360 g/mol. The molecule has 0 spiro atoms. The van der Waals surface area contributed by atoms with Gasteiger partial charge < -0.3 is 19.4 Å². The van der Waals surface area contributed by atoms with Crippen molar-refractivity contribution in [3.63, 3.8) is 0 Å². The second-order valence-electron chi connectivity index (χ2n) is 5.99. The van der Waals surface area contributed by atoms with Crippen LogP contribution in [0.2, 0.25) is 0 Å². The molecule has 3 rings (SSSR count). The molecule has 134 valence electrons. The zero-order valence-electron chi connectivity index (χ0n) is 14.3. The van der Waals surface area contributed by atoms with E-state index in [9.17, 15) is 0 Å². The molecule has 7 heteroatoms. The molecular formula is C18H24N4O2S. The van der Waals surface area contributed by atoms with Gasteiger partial charge in [0.2, 0.25) is 0 Å². The highest BCUT2D eigenvalue weighted by Gasteiger charge is 2.14. The molecule has 0 radical (unpaired) electrons. The fraction of sp³-hybridized carbons (Fsp3) is 0.444. The molecule has 0 aromatic carbocycles. The maximum atomic E-state index is 5.60. The van der Waals surface area contributed by atoms with Crippen LogP contribution in [0, 0.1) is 0 Å². The summed E-state index contributed by atoms with van der Waals surface area (Å²) in [5.74, 6) is 0.665. The third-order valence-electron chi connectivity index (χ3n) is 4.17. The third-order valence-corrected chi connectivity index (χ3v) is 4.53. The predicted octanol–water partition coefficient (Wildman–Crippen LogP) is 2.60. The van der Waals surface area contributed by atoms with Crippen molar-refractivity contribution < 1.29 is 9.15 Å². The van der Waals surface area contributed by atoms with Crippen LogP contribution in [0.4, 0.5) is 5.88 Å². The third kappa shape index (κ3) is 5.81. The van der Waals surface area contributed by atoms with Crippen LogP contribution in [-0.2, 0) is 11.3 Å². The first-order valence-electron chi connectivity index (χ1n) is 8.60. The number of hydrogen-bond donors (Lipinski definition) is 1. The van der Waals surface area contributed by atoms with Crippen molar-refractivity contribution in [1.29, 1.82) is 0 Å². The summed E-state index contributed by atoms with van der Waals surface area (Å²) in [6.07, 6.45) is 6.30. The van der Waals surface area contributed by atoms with Gasteiger partial charge in [-0.05, 0) is 42.4 Å². The van der Waals surface area contributed by atoms with Crippen molar-refractivity contribution in [2.24, 2.45) is 0 Å². The van der Waals surface area contributed by atoms with Gasteiger partial charge in [-0.2, -0.15) is 0 Å². The number of thiocarbonyl (C=S) groups is 1. The lowest BCUT2D eigenvalue weighted by Crippen LogP contribution is -2.39. The molecule has 1 N–H and O–H groups in total. The number of nitrogens with one attached hydrogen (secondary N) is 1. The zero-order chi connectivity index (χ0) is 17.3. The minimum Gasteiger partial charge on any atom is -0.449 e. The van der Waals surface area contributed by atoms with Crippen molar-refractivity contribution in [3.05, 3.63) is 48.5 Å². The molecule has 25 heavy (non-hydrogen) atoms. The van der Waals surface area contributed by atoms with Gasteiger partial charge in [-0.15, -0.1) is 0 Å². The Morgan fingerprint density at radius 1 is 1.24 bits per heavy atom. The molecule has 1 fully saturated rings. The summed E-state index contributed by atoms with van der Waals surface area (Å²) in [6, 6.07) is 7.75. The fourth-order valence-corrected chi connectivity index (χ4v) is 3.06. The lowest BCUT2D eigenvalue weighted by molar-refractivity contribution is 0.0368. The van der Waals surface area contributed by atoms with Crippen molar-refractivity contribution in [2.75, 3.05) is 44.7 Å². The number of aromatic nitrogens is 1. The van der Waals surface area contributed by atoms with Gasteiger partial charge in [-0.1, -0.05) is 0 Å². The first-order valence-corrected chi connectivity index (χ1v) is 9.00. The SMILES string of the molecule is S=C(Nc1ccco1)N(CCCN1CCOCC1)Cc1ccncc1. The molecule has 0 unspecified atom stereocenters. The number of hydrogen-bond acceptors (Lipinski definition) is 5. The van der Waals surface area contributed by atoms with Gasteiger partial charge in [0.25, 0.3) is 0 Å². The molecule has 6 nitrogen and oxygen atoms in total. The Bertz CT molecular complexity index is 630. The minimum atomic E-state index is 0.665. The van der Waals surface area contributed by atoms with Crippen LogP contribution < -0.4 is 5.32 Å². The van der Waals surface area contributed by atoms with E-state index < -0.39 is 0 Å². The number of nitrogens with zero attached hydrogens (tertiary/aromatic N) is 3. The Labute approximate surface area is 153 Å².